The number of amides is 1. The molecule has 7 nitrogen and oxygen atoms in total. The normalized spacial score (nSPS) is 18.2. The van der Waals surface area contributed by atoms with Crippen molar-refractivity contribution in [2.45, 2.75) is 25.0 Å². The Morgan fingerprint density at radius 1 is 1.48 bits per heavy atom. The fraction of sp³-hybridized carbons (Fsp3) is 0.312. The van der Waals surface area contributed by atoms with Gasteiger partial charge in [0, 0.05) is 19.2 Å². The number of fused-ring (bicyclic) bond motifs is 1. The van der Waals surface area contributed by atoms with E-state index in [1.807, 2.05) is 18.2 Å². The van der Waals surface area contributed by atoms with Crippen molar-refractivity contribution in [3.8, 4) is 0 Å². The molecule has 0 saturated carbocycles. The first-order valence-corrected chi connectivity index (χ1v) is 7.53. The van der Waals surface area contributed by atoms with E-state index < -0.39 is 11.9 Å². The second-order valence-electron chi connectivity index (χ2n) is 5.56. The number of rotatable bonds is 6. The average Bonchev–Trinajstić information content (AvgIpc) is 3.02. The number of aromatic nitrogens is 2. The van der Waals surface area contributed by atoms with Gasteiger partial charge in [0.05, 0.1) is 17.9 Å². The summed E-state index contributed by atoms with van der Waals surface area (Å²) in [4.78, 5) is 29.3. The quantitative estimate of drug-likeness (QED) is 0.563. The molecular weight excluding hydrogens is 294 g/mol. The van der Waals surface area contributed by atoms with E-state index in [1.165, 1.54) is 5.56 Å². The van der Waals surface area contributed by atoms with Gasteiger partial charge in [0.1, 0.15) is 0 Å². The number of benzene rings is 1. The number of H-pyrrole nitrogens is 1. The van der Waals surface area contributed by atoms with Crippen LogP contribution in [0.25, 0.3) is 0 Å². The maximum Gasteiger partial charge on any atom is 0.235 e. The molecule has 0 aliphatic carbocycles. The highest BCUT2D eigenvalue weighted by Crippen LogP contribution is 2.21. The first-order valence-electron chi connectivity index (χ1n) is 7.53. The summed E-state index contributed by atoms with van der Waals surface area (Å²) in [6, 6.07) is 7.53. The Kier molecular flexibility index (Phi) is 4.50. The largest absolute Gasteiger partial charge is 0.368 e. The molecule has 2 heterocycles. The van der Waals surface area contributed by atoms with Crippen LogP contribution in [0, 0.1) is 0 Å². The SMILES string of the molecule is NC(=O)[C@H](Cc1c[nH]c(C=O)n1)NC1NCCc2ccccc21. The Hall–Kier alpha value is -2.51. The molecule has 0 spiro atoms. The summed E-state index contributed by atoms with van der Waals surface area (Å²) in [5.74, 6) is -0.213. The number of nitrogens with one attached hydrogen (secondary N) is 3. The summed E-state index contributed by atoms with van der Waals surface area (Å²) in [6.07, 6.45) is 3.39. The van der Waals surface area contributed by atoms with Gasteiger partial charge in [0.2, 0.25) is 5.91 Å². The van der Waals surface area contributed by atoms with Crippen molar-refractivity contribution in [1.82, 2.24) is 20.6 Å². The van der Waals surface area contributed by atoms with Crippen LogP contribution in [-0.2, 0) is 17.6 Å². The summed E-state index contributed by atoms with van der Waals surface area (Å²) < 4.78 is 0. The van der Waals surface area contributed by atoms with Crippen molar-refractivity contribution in [3.05, 3.63) is 53.1 Å². The summed E-state index contributed by atoms with van der Waals surface area (Å²) >= 11 is 0. The summed E-state index contributed by atoms with van der Waals surface area (Å²) in [6.45, 7) is 0.831. The van der Waals surface area contributed by atoms with Crippen LogP contribution in [0.4, 0.5) is 0 Å². The number of carbonyl (C=O) groups is 2. The van der Waals surface area contributed by atoms with Crippen LogP contribution in [-0.4, -0.2) is 34.7 Å². The molecule has 23 heavy (non-hydrogen) atoms. The average molecular weight is 313 g/mol. The minimum atomic E-state index is -0.582. The molecule has 1 aliphatic rings. The van der Waals surface area contributed by atoms with Gasteiger partial charge >= 0.3 is 0 Å². The lowest BCUT2D eigenvalue weighted by molar-refractivity contribution is -0.120. The second kappa shape index (κ2) is 6.72. The highest BCUT2D eigenvalue weighted by atomic mass is 16.1. The molecule has 1 aromatic heterocycles. The zero-order chi connectivity index (χ0) is 16.2. The molecule has 3 rings (SSSR count). The van der Waals surface area contributed by atoms with E-state index in [-0.39, 0.29) is 12.0 Å². The Labute approximate surface area is 133 Å². The third-order valence-corrected chi connectivity index (χ3v) is 4.00. The first-order chi connectivity index (χ1) is 11.2. The Balaban J connectivity index is 1.75. The number of nitrogens with zero attached hydrogens (tertiary/aromatic N) is 1. The van der Waals surface area contributed by atoms with Crippen molar-refractivity contribution in [1.29, 1.82) is 0 Å². The zero-order valence-electron chi connectivity index (χ0n) is 12.6. The lowest BCUT2D eigenvalue weighted by atomic mass is 9.97. The molecule has 0 bridgehead atoms. The molecule has 2 aromatic rings. The molecule has 0 fully saturated rings. The van der Waals surface area contributed by atoms with Gasteiger partial charge in [0.15, 0.2) is 12.1 Å². The number of hydrogen-bond acceptors (Lipinski definition) is 5. The van der Waals surface area contributed by atoms with Crippen molar-refractivity contribution < 1.29 is 9.59 Å². The van der Waals surface area contributed by atoms with Crippen molar-refractivity contribution >= 4 is 12.2 Å². The lowest BCUT2D eigenvalue weighted by Gasteiger charge is -2.30. The van der Waals surface area contributed by atoms with Gasteiger partial charge in [-0.2, -0.15) is 0 Å². The van der Waals surface area contributed by atoms with E-state index in [4.69, 9.17) is 5.73 Å². The van der Waals surface area contributed by atoms with Gasteiger partial charge in [-0.25, -0.2) is 4.98 Å². The van der Waals surface area contributed by atoms with E-state index in [0.717, 1.165) is 18.5 Å². The Bertz CT molecular complexity index is 712. The monoisotopic (exact) mass is 313 g/mol. The number of primary amides is 1. The van der Waals surface area contributed by atoms with Crippen molar-refractivity contribution in [2.75, 3.05) is 6.54 Å². The lowest BCUT2D eigenvalue weighted by Crippen LogP contribution is -2.50. The molecule has 5 N–H and O–H groups in total. The fourth-order valence-corrected chi connectivity index (χ4v) is 2.85. The molecular formula is C16H19N5O2. The molecule has 1 aromatic carbocycles. The molecule has 2 atom stereocenters. The van der Waals surface area contributed by atoms with Crippen molar-refractivity contribution in [3.63, 3.8) is 0 Å². The Morgan fingerprint density at radius 3 is 3.04 bits per heavy atom. The van der Waals surface area contributed by atoms with Gasteiger partial charge < -0.3 is 10.7 Å². The third kappa shape index (κ3) is 3.46. The number of nitrogens with two attached hydrogens (primary N) is 1. The maximum absolute atomic E-state index is 11.8. The maximum atomic E-state index is 11.8. The Morgan fingerprint density at radius 2 is 2.30 bits per heavy atom. The third-order valence-electron chi connectivity index (χ3n) is 4.00. The van der Waals surface area contributed by atoms with Crippen LogP contribution in [0.15, 0.2) is 30.5 Å². The highest BCUT2D eigenvalue weighted by molar-refractivity contribution is 5.80. The van der Waals surface area contributed by atoms with Gasteiger partial charge in [-0.15, -0.1) is 0 Å². The van der Waals surface area contributed by atoms with E-state index in [0.29, 0.717) is 18.4 Å². The number of aldehydes is 1. The summed E-state index contributed by atoms with van der Waals surface area (Å²) in [7, 11) is 0. The molecule has 1 aliphatic heterocycles. The summed E-state index contributed by atoms with van der Waals surface area (Å²) in [5, 5.41) is 6.62. The van der Waals surface area contributed by atoms with Gasteiger partial charge in [-0.05, 0) is 17.5 Å². The molecule has 7 heteroatoms. The van der Waals surface area contributed by atoms with Gasteiger partial charge in [0.25, 0.3) is 0 Å². The first kappa shape index (κ1) is 15.4. The number of aromatic amines is 1. The molecule has 0 saturated heterocycles. The molecule has 1 unspecified atom stereocenters. The number of carbonyl (C=O) groups excluding carboxylic acids is 2. The molecule has 120 valence electrons. The molecule has 0 radical (unpaired) electrons. The fourth-order valence-electron chi connectivity index (χ4n) is 2.85. The predicted octanol–water partition coefficient (Wildman–Crippen LogP) is 0.0527. The predicted molar refractivity (Wildman–Crippen MR) is 84.7 cm³/mol. The van der Waals surface area contributed by atoms with E-state index in [2.05, 4.69) is 26.7 Å². The molecule has 1 amide bonds. The topological polar surface area (TPSA) is 113 Å². The standard InChI is InChI=1S/C16H19N5O2/c17-15(23)13(7-11-8-19-14(9-22)20-11)21-16-12-4-2-1-3-10(12)5-6-18-16/h1-4,8-9,13,16,18,21H,5-7H2,(H2,17,23)(H,19,20)/t13-,16?/m0/s1. The van der Waals surface area contributed by atoms with E-state index in [1.54, 1.807) is 6.20 Å². The van der Waals surface area contributed by atoms with Crippen LogP contribution in [0.3, 0.4) is 0 Å². The van der Waals surface area contributed by atoms with Crippen LogP contribution in [0.5, 0.6) is 0 Å². The van der Waals surface area contributed by atoms with Crippen LogP contribution < -0.4 is 16.4 Å². The van der Waals surface area contributed by atoms with Gasteiger partial charge in [-0.3, -0.25) is 20.2 Å². The van der Waals surface area contributed by atoms with E-state index >= 15 is 0 Å². The van der Waals surface area contributed by atoms with Crippen LogP contribution in [0.1, 0.15) is 33.6 Å². The minimum Gasteiger partial charge on any atom is -0.368 e. The number of imidazole rings is 1. The van der Waals surface area contributed by atoms with Gasteiger partial charge in [-0.1, -0.05) is 24.3 Å². The van der Waals surface area contributed by atoms with E-state index in [9.17, 15) is 9.59 Å². The highest BCUT2D eigenvalue weighted by Gasteiger charge is 2.25. The van der Waals surface area contributed by atoms with Crippen molar-refractivity contribution in [2.24, 2.45) is 5.73 Å². The zero-order valence-corrected chi connectivity index (χ0v) is 12.6. The minimum absolute atomic E-state index is 0.137. The summed E-state index contributed by atoms with van der Waals surface area (Å²) in [5.41, 5.74) is 8.53. The number of hydrogen-bond donors (Lipinski definition) is 4. The smallest absolute Gasteiger partial charge is 0.235 e. The van der Waals surface area contributed by atoms with Crippen LogP contribution in [0.2, 0.25) is 0 Å². The van der Waals surface area contributed by atoms with Crippen LogP contribution >= 0.6 is 0 Å². The second-order valence-corrected chi connectivity index (χ2v) is 5.56.